The molecule has 6 rings (SSSR count). The van der Waals surface area contributed by atoms with E-state index in [1.165, 1.54) is 22.9 Å². The summed E-state index contributed by atoms with van der Waals surface area (Å²) in [6, 6.07) is 22.5. The summed E-state index contributed by atoms with van der Waals surface area (Å²) >= 11 is 1.35. The number of carbonyl (C=O) groups excluding carboxylic acids is 2. The molecule has 40 heavy (non-hydrogen) atoms. The van der Waals surface area contributed by atoms with E-state index in [4.69, 9.17) is 0 Å². The zero-order chi connectivity index (χ0) is 27.8. The Balaban J connectivity index is 1.10. The van der Waals surface area contributed by atoms with Gasteiger partial charge in [-0.25, -0.2) is 9.67 Å². The third-order valence-electron chi connectivity index (χ3n) is 7.66. The predicted molar refractivity (Wildman–Crippen MR) is 160 cm³/mol. The normalized spacial score (nSPS) is 19.4. The van der Waals surface area contributed by atoms with Crippen LogP contribution in [-0.2, 0) is 16.0 Å². The second kappa shape index (κ2) is 10.8. The van der Waals surface area contributed by atoms with Crippen molar-refractivity contribution in [1.29, 1.82) is 0 Å². The molecular weight excluding hydrogens is 518 g/mol. The van der Waals surface area contributed by atoms with Crippen molar-refractivity contribution < 1.29 is 9.59 Å². The predicted octanol–water partition coefficient (Wildman–Crippen LogP) is 6.27. The first-order chi connectivity index (χ1) is 19.4. The Morgan fingerprint density at radius 1 is 1.05 bits per heavy atom. The average molecular weight is 550 g/mol. The van der Waals surface area contributed by atoms with E-state index in [0.717, 1.165) is 40.9 Å². The fourth-order valence-corrected chi connectivity index (χ4v) is 6.21. The molecule has 1 saturated carbocycles. The molecule has 2 amide bonds. The van der Waals surface area contributed by atoms with E-state index in [1.807, 2.05) is 49.4 Å². The number of carbonyl (C=O) groups is 2. The van der Waals surface area contributed by atoms with Crippen LogP contribution in [-0.4, -0.2) is 37.5 Å². The Hall–Kier alpha value is -4.04. The average Bonchev–Trinajstić information content (AvgIpc) is 3.37. The Morgan fingerprint density at radius 2 is 1.82 bits per heavy atom. The quantitative estimate of drug-likeness (QED) is 0.271. The van der Waals surface area contributed by atoms with Gasteiger partial charge in [-0.15, -0.1) is 5.10 Å². The van der Waals surface area contributed by atoms with Crippen LogP contribution in [0, 0.1) is 19.8 Å². The van der Waals surface area contributed by atoms with Gasteiger partial charge in [0.25, 0.3) is 0 Å². The first kappa shape index (κ1) is 26.2. The van der Waals surface area contributed by atoms with Crippen molar-refractivity contribution in [2.24, 2.45) is 10.9 Å². The maximum absolute atomic E-state index is 13.0. The number of amides is 2. The van der Waals surface area contributed by atoms with Crippen LogP contribution in [0.15, 0.2) is 78.0 Å². The largest absolute Gasteiger partial charge is 0.273 e. The summed E-state index contributed by atoms with van der Waals surface area (Å²) < 4.78 is 1.78. The lowest BCUT2D eigenvalue weighted by Crippen LogP contribution is -2.31. The minimum atomic E-state index is -0.163. The van der Waals surface area contributed by atoms with Gasteiger partial charge in [-0.2, -0.15) is 4.99 Å². The Morgan fingerprint density at radius 3 is 2.58 bits per heavy atom. The van der Waals surface area contributed by atoms with E-state index in [9.17, 15) is 9.59 Å². The highest BCUT2D eigenvalue weighted by molar-refractivity contribution is 8.15. The number of anilines is 1. The molecule has 202 valence electrons. The van der Waals surface area contributed by atoms with Crippen molar-refractivity contribution >= 4 is 34.4 Å². The van der Waals surface area contributed by atoms with Crippen LogP contribution in [0.4, 0.5) is 5.69 Å². The van der Waals surface area contributed by atoms with Crippen LogP contribution in [0.2, 0.25) is 0 Å². The second-order valence-electron chi connectivity index (χ2n) is 10.5. The number of nitrogens with zero attached hydrogens (tertiary/aromatic N) is 5. The summed E-state index contributed by atoms with van der Waals surface area (Å²) in [5.74, 6) is 1.40. The first-order valence-corrected chi connectivity index (χ1v) is 14.6. The molecule has 1 aromatic heterocycles. The summed E-state index contributed by atoms with van der Waals surface area (Å²) in [4.78, 5) is 36.3. The van der Waals surface area contributed by atoms with Gasteiger partial charge in [0.15, 0.2) is 11.0 Å². The molecule has 2 aliphatic rings. The number of hydrogen-bond acceptors (Lipinski definition) is 5. The molecular formula is C32H31N5O2S. The summed E-state index contributed by atoms with van der Waals surface area (Å²) in [5, 5.41) is 5.14. The van der Waals surface area contributed by atoms with Crippen LogP contribution in [0.1, 0.15) is 47.9 Å². The van der Waals surface area contributed by atoms with Gasteiger partial charge in [-0.1, -0.05) is 78.8 Å². The van der Waals surface area contributed by atoms with Gasteiger partial charge in [-0.05, 0) is 67.3 Å². The van der Waals surface area contributed by atoms with Crippen LogP contribution in [0.5, 0.6) is 0 Å². The third kappa shape index (κ3) is 5.23. The summed E-state index contributed by atoms with van der Waals surface area (Å²) in [6.07, 6.45) is 3.89. The van der Waals surface area contributed by atoms with Gasteiger partial charge in [0.05, 0.1) is 17.1 Å². The maximum Gasteiger partial charge on any atom is 0.248 e. The lowest BCUT2D eigenvalue weighted by Gasteiger charge is -2.21. The van der Waals surface area contributed by atoms with Gasteiger partial charge >= 0.3 is 0 Å². The Kier molecular flexibility index (Phi) is 7.11. The Labute approximate surface area is 238 Å². The molecule has 4 aromatic rings. The smallest absolute Gasteiger partial charge is 0.248 e. The van der Waals surface area contributed by atoms with Gasteiger partial charge in [-0.3, -0.25) is 14.5 Å². The Bertz CT molecular complexity index is 1610. The van der Waals surface area contributed by atoms with Crippen molar-refractivity contribution in [3.63, 3.8) is 0 Å². The number of amidine groups is 1. The zero-order valence-electron chi connectivity index (χ0n) is 22.9. The zero-order valence-corrected chi connectivity index (χ0v) is 23.7. The molecule has 1 aliphatic carbocycles. The van der Waals surface area contributed by atoms with E-state index in [0.29, 0.717) is 29.1 Å². The van der Waals surface area contributed by atoms with E-state index in [2.05, 4.69) is 53.2 Å². The third-order valence-corrected chi connectivity index (χ3v) is 8.58. The van der Waals surface area contributed by atoms with Gasteiger partial charge in [0.2, 0.25) is 11.8 Å². The molecule has 1 saturated heterocycles. The van der Waals surface area contributed by atoms with Crippen LogP contribution >= 0.6 is 11.8 Å². The molecule has 2 heterocycles. The number of aliphatic imine (C=N–C) groups is 1. The van der Waals surface area contributed by atoms with Gasteiger partial charge in [0, 0.05) is 12.0 Å². The number of aryl methyl sites for hydroxylation is 3. The monoisotopic (exact) mass is 549 g/mol. The van der Waals surface area contributed by atoms with Crippen molar-refractivity contribution in [1.82, 2.24) is 14.8 Å². The number of thioether (sulfide) groups is 1. The summed E-state index contributed by atoms with van der Waals surface area (Å²) in [6.45, 7) is 6.13. The highest BCUT2D eigenvalue weighted by Crippen LogP contribution is 2.50. The molecule has 8 heteroatoms. The SMILES string of the molecule is CCc1cccc(C)c1N1C(=O)CSC1=NC(=O)CC1CC1c1ccc(-c2ncn(-c3ccc(C)cc3)n2)cc1. The maximum atomic E-state index is 13.0. The number of rotatable bonds is 7. The molecule has 1 aliphatic heterocycles. The number of benzene rings is 3. The minimum Gasteiger partial charge on any atom is -0.273 e. The van der Waals surface area contributed by atoms with E-state index >= 15 is 0 Å². The lowest BCUT2D eigenvalue weighted by atomic mass is 10.0. The summed E-state index contributed by atoms with van der Waals surface area (Å²) in [5.41, 5.74) is 7.32. The van der Waals surface area contributed by atoms with Crippen molar-refractivity contribution in [3.05, 3.63) is 95.3 Å². The number of aromatic nitrogens is 3. The fraction of sp³-hybridized carbons (Fsp3) is 0.281. The molecule has 2 fully saturated rings. The fourth-order valence-electron chi connectivity index (χ4n) is 5.34. The molecule has 0 bridgehead atoms. The highest BCUT2D eigenvalue weighted by Gasteiger charge is 2.40. The van der Waals surface area contributed by atoms with E-state index in [1.54, 1.807) is 15.9 Å². The molecule has 3 aromatic carbocycles. The van der Waals surface area contributed by atoms with Crippen LogP contribution in [0.3, 0.4) is 0 Å². The standard InChI is InChI=1S/C32H31N5O2S/c1-4-22-7-5-6-21(3)30(22)37-29(39)18-40-32(37)34-28(38)17-25-16-27(25)23-10-12-24(13-11-23)31-33-19-36(35-31)26-14-8-20(2)9-15-26/h5-15,19,25,27H,4,16-18H2,1-3H3. The lowest BCUT2D eigenvalue weighted by molar-refractivity contribution is -0.118. The first-order valence-electron chi connectivity index (χ1n) is 13.7. The van der Waals surface area contributed by atoms with Crippen molar-refractivity contribution in [2.75, 3.05) is 10.7 Å². The minimum absolute atomic E-state index is 0.0249. The van der Waals surface area contributed by atoms with E-state index < -0.39 is 0 Å². The van der Waals surface area contributed by atoms with Gasteiger partial charge < -0.3 is 0 Å². The topological polar surface area (TPSA) is 80.5 Å². The van der Waals surface area contributed by atoms with E-state index in [-0.39, 0.29) is 17.7 Å². The van der Waals surface area contributed by atoms with Crippen molar-refractivity contribution in [2.45, 2.75) is 46.0 Å². The van der Waals surface area contributed by atoms with Crippen LogP contribution < -0.4 is 4.90 Å². The summed E-state index contributed by atoms with van der Waals surface area (Å²) in [7, 11) is 0. The molecule has 7 nitrogen and oxygen atoms in total. The second-order valence-corrected chi connectivity index (χ2v) is 11.5. The molecule has 0 N–H and O–H groups in total. The molecule has 0 radical (unpaired) electrons. The number of para-hydroxylation sites is 1. The van der Waals surface area contributed by atoms with Gasteiger partial charge in [0.1, 0.15) is 6.33 Å². The highest BCUT2D eigenvalue weighted by atomic mass is 32.2. The van der Waals surface area contributed by atoms with Crippen molar-refractivity contribution in [3.8, 4) is 17.1 Å². The molecule has 2 atom stereocenters. The molecule has 0 spiro atoms. The number of hydrogen-bond donors (Lipinski definition) is 0. The van der Waals surface area contributed by atoms with Crippen LogP contribution in [0.25, 0.3) is 17.1 Å². The molecule has 2 unspecified atom stereocenters.